The number of aromatic nitrogens is 2. The molecule has 1 aliphatic rings. The molecule has 0 N–H and O–H groups in total. The fraction of sp³-hybridized carbons (Fsp3) is 0.391. The number of hydrogen-bond acceptors (Lipinski definition) is 3. The molecular weight excluding hydrogens is 367 g/mol. The molecule has 2 aromatic carbocycles. The minimum absolute atomic E-state index is 0.126. The average molecular weight is 394 g/mol. The van der Waals surface area contributed by atoms with Gasteiger partial charge < -0.3 is 9.47 Å². The van der Waals surface area contributed by atoms with Crippen LogP contribution in [-0.2, 0) is 6.54 Å². The van der Waals surface area contributed by atoms with Crippen molar-refractivity contribution >= 4 is 16.9 Å². The number of imidazole rings is 1. The largest absolute Gasteiger partial charge is 0.337 e. The van der Waals surface area contributed by atoms with Gasteiger partial charge in [0.05, 0.1) is 23.9 Å². The maximum Gasteiger partial charge on any atom is 0.253 e. The summed E-state index contributed by atoms with van der Waals surface area (Å²) in [5.74, 6) is -0.489. The molecule has 6 heteroatoms. The van der Waals surface area contributed by atoms with Gasteiger partial charge >= 0.3 is 0 Å². The molecule has 1 amide bonds. The third-order valence-electron chi connectivity index (χ3n) is 5.96. The van der Waals surface area contributed by atoms with Crippen LogP contribution < -0.4 is 0 Å². The lowest BCUT2D eigenvalue weighted by Gasteiger charge is -2.26. The van der Waals surface area contributed by atoms with E-state index in [2.05, 4.69) is 23.7 Å². The number of fused-ring (bicyclic) bond motifs is 1. The molecule has 4 rings (SSSR count). The first-order valence-corrected chi connectivity index (χ1v) is 10.1. The number of likely N-dealkylation sites (tertiary alicyclic amines) is 1. The molecule has 0 saturated carbocycles. The molecule has 3 aromatic rings. The van der Waals surface area contributed by atoms with Gasteiger partial charge in [-0.1, -0.05) is 18.2 Å². The Labute approximate surface area is 170 Å². The Hall–Kier alpha value is -2.73. The van der Waals surface area contributed by atoms with Crippen LogP contribution in [0.2, 0.25) is 0 Å². The maximum atomic E-state index is 14.8. The Bertz CT molecular complexity index is 1030. The van der Waals surface area contributed by atoms with E-state index in [0.29, 0.717) is 23.7 Å². The minimum atomic E-state index is -0.364. The Balaban J connectivity index is 1.49. The number of carbonyl (C=O) groups is 1. The van der Waals surface area contributed by atoms with Crippen molar-refractivity contribution in [3.05, 3.63) is 65.7 Å². The van der Waals surface area contributed by atoms with Gasteiger partial charge in [0.1, 0.15) is 5.82 Å². The summed E-state index contributed by atoms with van der Waals surface area (Å²) in [5, 5.41) is 0. The molecule has 152 valence electrons. The molecular formula is C23H27FN4O. The molecule has 0 radical (unpaired) electrons. The summed E-state index contributed by atoms with van der Waals surface area (Å²) in [6.07, 6.45) is 2.67. The Morgan fingerprint density at radius 2 is 2.07 bits per heavy atom. The lowest BCUT2D eigenvalue weighted by molar-refractivity contribution is 0.0731. The first kappa shape index (κ1) is 19.6. The number of hydrogen-bond donors (Lipinski definition) is 0. The first-order chi connectivity index (χ1) is 13.9. The summed E-state index contributed by atoms with van der Waals surface area (Å²) >= 11 is 0. The van der Waals surface area contributed by atoms with Crippen molar-refractivity contribution in [1.82, 2.24) is 19.4 Å². The normalized spacial score (nSPS) is 17.3. The molecule has 29 heavy (non-hydrogen) atoms. The molecule has 1 fully saturated rings. The zero-order chi connectivity index (χ0) is 20.5. The molecule has 1 unspecified atom stereocenters. The number of likely N-dealkylation sites (N-methyl/N-ethyl adjacent to an activating group) is 1. The fourth-order valence-corrected chi connectivity index (χ4v) is 4.05. The highest BCUT2D eigenvalue weighted by atomic mass is 19.1. The molecule has 2 heterocycles. The van der Waals surface area contributed by atoms with Crippen molar-refractivity contribution in [2.45, 2.75) is 38.9 Å². The van der Waals surface area contributed by atoms with E-state index in [9.17, 15) is 9.18 Å². The van der Waals surface area contributed by atoms with Crippen LogP contribution in [0.1, 0.15) is 36.2 Å². The van der Waals surface area contributed by atoms with Crippen LogP contribution in [0.15, 0.2) is 48.8 Å². The van der Waals surface area contributed by atoms with Crippen molar-refractivity contribution in [2.24, 2.45) is 0 Å². The number of benzene rings is 2. The number of amides is 1. The van der Waals surface area contributed by atoms with Crippen LogP contribution in [0.5, 0.6) is 0 Å². The van der Waals surface area contributed by atoms with E-state index in [1.165, 1.54) is 6.07 Å². The predicted molar refractivity (Wildman–Crippen MR) is 112 cm³/mol. The van der Waals surface area contributed by atoms with Crippen molar-refractivity contribution in [3.8, 4) is 0 Å². The predicted octanol–water partition coefficient (Wildman–Crippen LogP) is 3.78. The molecule has 1 aromatic heterocycles. The Morgan fingerprint density at radius 3 is 2.79 bits per heavy atom. The SMILES string of the molecule is CC(C)N1CCC(N(C)C(=O)c2ccc(Cn3cnc4ccccc43)c(F)c2)C1. The van der Waals surface area contributed by atoms with Crippen molar-refractivity contribution in [2.75, 3.05) is 20.1 Å². The summed E-state index contributed by atoms with van der Waals surface area (Å²) in [4.78, 5) is 21.4. The molecule has 5 nitrogen and oxygen atoms in total. The van der Waals surface area contributed by atoms with E-state index in [1.54, 1.807) is 23.4 Å². The standard InChI is InChI=1S/C23H27FN4O/c1-16(2)27-11-10-19(14-27)26(3)23(29)17-8-9-18(20(24)12-17)13-28-15-25-21-6-4-5-7-22(21)28/h4-9,12,15-16,19H,10-11,13-14H2,1-3H3. The molecule has 0 bridgehead atoms. The zero-order valence-electron chi connectivity index (χ0n) is 17.2. The second-order valence-electron chi connectivity index (χ2n) is 8.11. The second-order valence-corrected chi connectivity index (χ2v) is 8.11. The van der Waals surface area contributed by atoms with E-state index in [4.69, 9.17) is 0 Å². The first-order valence-electron chi connectivity index (χ1n) is 10.1. The number of carbonyl (C=O) groups excluding carboxylic acids is 1. The van der Waals surface area contributed by atoms with Gasteiger partial charge in [-0.15, -0.1) is 0 Å². The fourth-order valence-electron chi connectivity index (χ4n) is 4.05. The second kappa shape index (κ2) is 7.95. The quantitative estimate of drug-likeness (QED) is 0.661. The van der Waals surface area contributed by atoms with Gasteiger partial charge in [0.2, 0.25) is 0 Å². The topological polar surface area (TPSA) is 41.4 Å². The van der Waals surface area contributed by atoms with Gasteiger partial charge in [-0.25, -0.2) is 9.37 Å². The van der Waals surface area contributed by atoms with Crippen molar-refractivity contribution in [1.29, 1.82) is 0 Å². The van der Waals surface area contributed by atoms with E-state index in [-0.39, 0.29) is 17.8 Å². The van der Waals surface area contributed by atoms with Gasteiger partial charge in [0, 0.05) is 43.3 Å². The summed E-state index contributed by atoms with van der Waals surface area (Å²) in [6.45, 7) is 6.58. The van der Waals surface area contributed by atoms with E-state index in [0.717, 1.165) is 30.5 Å². The third kappa shape index (κ3) is 3.90. The lowest BCUT2D eigenvalue weighted by atomic mass is 10.1. The average Bonchev–Trinajstić information content (AvgIpc) is 3.36. The molecule has 1 aliphatic heterocycles. The third-order valence-corrected chi connectivity index (χ3v) is 5.96. The Kier molecular flexibility index (Phi) is 5.37. The van der Waals surface area contributed by atoms with Crippen molar-refractivity contribution in [3.63, 3.8) is 0 Å². The van der Waals surface area contributed by atoms with Crippen LogP contribution in [0.25, 0.3) is 11.0 Å². The van der Waals surface area contributed by atoms with Crippen molar-refractivity contribution < 1.29 is 9.18 Å². The number of halogens is 1. The van der Waals surface area contributed by atoms with Gasteiger partial charge in [-0.2, -0.15) is 0 Å². The van der Waals surface area contributed by atoms with Gasteiger partial charge in [-0.3, -0.25) is 9.69 Å². The minimum Gasteiger partial charge on any atom is -0.337 e. The number of rotatable bonds is 5. The van der Waals surface area contributed by atoms with E-state index in [1.807, 2.05) is 35.9 Å². The van der Waals surface area contributed by atoms with Crippen LogP contribution in [0.3, 0.4) is 0 Å². The summed E-state index contributed by atoms with van der Waals surface area (Å²) in [7, 11) is 1.82. The number of para-hydroxylation sites is 2. The molecule has 0 spiro atoms. The summed E-state index contributed by atoms with van der Waals surface area (Å²) < 4.78 is 16.7. The van der Waals surface area contributed by atoms with Gasteiger partial charge in [0.25, 0.3) is 5.91 Å². The highest BCUT2D eigenvalue weighted by Gasteiger charge is 2.30. The van der Waals surface area contributed by atoms with Gasteiger partial charge in [0.15, 0.2) is 0 Å². The zero-order valence-corrected chi connectivity index (χ0v) is 17.2. The highest BCUT2D eigenvalue weighted by molar-refractivity contribution is 5.94. The van der Waals surface area contributed by atoms with Crippen LogP contribution >= 0.6 is 0 Å². The monoisotopic (exact) mass is 394 g/mol. The van der Waals surface area contributed by atoms with Gasteiger partial charge in [-0.05, 0) is 44.5 Å². The lowest BCUT2D eigenvalue weighted by Crippen LogP contribution is -2.40. The summed E-state index contributed by atoms with van der Waals surface area (Å²) in [5.41, 5.74) is 2.78. The van der Waals surface area contributed by atoms with Crippen LogP contribution in [0, 0.1) is 5.82 Å². The maximum absolute atomic E-state index is 14.8. The number of nitrogens with zero attached hydrogens (tertiary/aromatic N) is 4. The molecule has 1 saturated heterocycles. The van der Waals surface area contributed by atoms with Crippen LogP contribution in [-0.4, -0.2) is 57.5 Å². The van der Waals surface area contributed by atoms with Crippen LogP contribution in [0.4, 0.5) is 4.39 Å². The smallest absolute Gasteiger partial charge is 0.253 e. The molecule has 1 atom stereocenters. The molecule has 0 aliphatic carbocycles. The highest BCUT2D eigenvalue weighted by Crippen LogP contribution is 2.21. The Morgan fingerprint density at radius 1 is 1.28 bits per heavy atom. The summed E-state index contributed by atoms with van der Waals surface area (Å²) in [6, 6.07) is 13.2. The van der Waals surface area contributed by atoms with E-state index < -0.39 is 0 Å². The van der Waals surface area contributed by atoms with E-state index >= 15 is 0 Å².